The van der Waals surface area contributed by atoms with Crippen molar-refractivity contribution in [2.24, 2.45) is 0 Å². The molecule has 0 unspecified atom stereocenters. The maximum Gasteiger partial charge on any atom is 0.317 e. The van der Waals surface area contributed by atoms with Crippen molar-refractivity contribution in [2.45, 2.75) is 31.6 Å². The van der Waals surface area contributed by atoms with E-state index in [0.717, 1.165) is 46.7 Å². The van der Waals surface area contributed by atoms with Crippen LogP contribution < -0.4 is 0 Å². The zero-order valence-electron chi connectivity index (χ0n) is 16.5. The van der Waals surface area contributed by atoms with Gasteiger partial charge < -0.3 is 9.64 Å². The molecule has 1 aliphatic heterocycles. The Hall–Kier alpha value is -2.73. The SMILES string of the molecule is C[C@](Cc1nc2ccccc2s1)(C(=O)OCC(=O)N1CCCC1)c1ccccc1. The van der Waals surface area contributed by atoms with Gasteiger partial charge in [-0.15, -0.1) is 11.3 Å². The number of thiazole rings is 1. The number of esters is 1. The van der Waals surface area contributed by atoms with E-state index in [1.807, 2.05) is 61.5 Å². The Labute approximate surface area is 174 Å². The number of carbonyl (C=O) groups is 2. The fourth-order valence-corrected chi connectivity index (χ4v) is 4.86. The van der Waals surface area contributed by atoms with Gasteiger partial charge in [-0.05, 0) is 37.5 Å². The van der Waals surface area contributed by atoms with Crippen LogP contribution in [-0.2, 0) is 26.2 Å². The van der Waals surface area contributed by atoms with Gasteiger partial charge in [-0.25, -0.2) is 4.98 Å². The Morgan fingerprint density at radius 3 is 2.48 bits per heavy atom. The number of carbonyl (C=O) groups excluding carboxylic acids is 2. The number of likely N-dealkylation sites (tertiary alicyclic amines) is 1. The summed E-state index contributed by atoms with van der Waals surface area (Å²) >= 11 is 1.59. The molecule has 0 radical (unpaired) electrons. The molecule has 1 amide bonds. The number of benzene rings is 2. The second-order valence-electron chi connectivity index (χ2n) is 7.61. The second-order valence-corrected chi connectivity index (χ2v) is 8.73. The van der Waals surface area contributed by atoms with Gasteiger partial charge in [0.15, 0.2) is 6.61 Å². The molecule has 0 spiro atoms. The van der Waals surface area contributed by atoms with Gasteiger partial charge in [0.2, 0.25) is 0 Å². The average Bonchev–Trinajstić information content (AvgIpc) is 3.41. The minimum Gasteiger partial charge on any atom is -0.455 e. The highest BCUT2D eigenvalue weighted by Gasteiger charge is 2.38. The molecular formula is C23H24N2O3S. The lowest BCUT2D eigenvalue weighted by atomic mass is 9.79. The number of nitrogens with zero attached hydrogens (tertiary/aromatic N) is 2. The Bertz CT molecular complexity index is 978. The normalized spacial score (nSPS) is 16.0. The van der Waals surface area contributed by atoms with E-state index in [4.69, 9.17) is 9.72 Å². The quantitative estimate of drug-likeness (QED) is 0.579. The van der Waals surface area contributed by atoms with E-state index in [0.29, 0.717) is 6.42 Å². The van der Waals surface area contributed by atoms with E-state index in [-0.39, 0.29) is 12.5 Å². The van der Waals surface area contributed by atoms with Crippen LogP contribution in [0, 0.1) is 0 Å². The average molecular weight is 409 g/mol. The van der Waals surface area contributed by atoms with E-state index < -0.39 is 11.4 Å². The van der Waals surface area contributed by atoms with E-state index >= 15 is 0 Å². The van der Waals surface area contributed by atoms with E-state index in [9.17, 15) is 9.59 Å². The number of para-hydroxylation sites is 1. The molecular weight excluding hydrogens is 384 g/mol. The number of aromatic nitrogens is 1. The predicted octanol–water partition coefficient (Wildman–Crippen LogP) is 3.96. The van der Waals surface area contributed by atoms with Gasteiger partial charge in [-0.3, -0.25) is 9.59 Å². The second kappa shape index (κ2) is 8.33. The molecule has 29 heavy (non-hydrogen) atoms. The third-order valence-corrected chi connectivity index (χ3v) is 6.53. The van der Waals surface area contributed by atoms with Crippen molar-refractivity contribution in [3.05, 3.63) is 65.2 Å². The Morgan fingerprint density at radius 1 is 1.07 bits per heavy atom. The molecule has 1 fully saturated rings. The molecule has 150 valence electrons. The zero-order valence-corrected chi connectivity index (χ0v) is 17.3. The molecule has 5 nitrogen and oxygen atoms in total. The first-order valence-corrected chi connectivity index (χ1v) is 10.7. The third-order valence-electron chi connectivity index (χ3n) is 5.49. The predicted molar refractivity (Wildman–Crippen MR) is 114 cm³/mol. The van der Waals surface area contributed by atoms with Crippen LogP contribution in [0.3, 0.4) is 0 Å². The highest BCUT2D eigenvalue weighted by molar-refractivity contribution is 7.18. The smallest absolute Gasteiger partial charge is 0.317 e. The first-order valence-electron chi connectivity index (χ1n) is 9.91. The van der Waals surface area contributed by atoms with Gasteiger partial charge in [0, 0.05) is 19.5 Å². The van der Waals surface area contributed by atoms with Crippen molar-refractivity contribution < 1.29 is 14.3 Å². The van der Waals surface area contributed by atoms with Gasteiger partial charge >= 0.3 is 5.97 Å². The minimum atomic E-state index is -0.916. The van der Waals surface area contributed by atoms with Crippen molar-refractivity contribution in [3.8, 4) is 0 Å². The standard InChI is InChI=1S/C23H24N2O3S/c1-23(17-9-3-2-4-10-17,15-20-24-18-11-5-6-12-19(18)29-20)22(27)28-16-21(26)25-13-7-8-14-25/h2-6,9-12H,7-8,13-16H2,1H3/t23-/m1/s1. The number of fused-ring (bicyclic) bond motifs is 1. The first-order chi connectivity index (χ1) is 14.1. The van der Waals surface area contributed by atoms with Gasteiger partial charge in [0.05, 0.1) is 20.6 Å². The fraction of sp³-hybridized carbons (Fsp3) is 0.348. The van der Waals surface area contributed by atoms with Crippen molar-refractivity contribution >= 4 is 33.4 Å². The molecule has 0 bridgehead atoms. The van der Waals surface area contributed by atoms with Crippen LogP contribution in [0.25, 0.3) is 10.2 Å². The largest absolute Gasteiger partial charge is 0.455 e. The molecule has 1 aromatic heterocycles. The van der Waals surface area contributed by atoms with Gasteiger partial charge in [0.25, 0.3) is 5.91 Å². The molecule has 1 atom stereocenters. The fourth-order valence-electron chi connectivity index (χ4n) is 3.74. The number of hydrogen-bond acceptors (Lipinski definition) is 5. The van der Waals surface area contributed by atoms with Crippen LogP contribution in [0.15, 0.2) is 54.6 Å². The van der Waals surface area contributed by atoms with E-state index in [1.165, 1.54) is 0 Å². The van der Waals surface area contributed by atoms with Crippen molar-refractivity contribution in [2.75, 3.05) is 19.7 Å². The lowest BCUT2D eigenvalue weighted by Gasteiger charge is -2.27. The molecule has 0 saturated carbocycles. The Morgan fingerprint density at radius 2 is 1.76 bits per heavy atom. The van der Waals surface area contributed by atoms with Gasteiger partial charge in [-0.2, -0.15) is 0 Å². The van der Waals surface area contributed by atoms with Crippen LogP contribution in [0.5, 0.6) is 0 Å². The molecule has 2 heterocycles. The molecule has 3 aromatic rings. The molecule has 2 aromatic carbocycles. The highest BCUT2D eigenvalue weighted by Crippen LogP contribution is 2.33. The summed E-state index contributed by atoms with van der Waals surface area (Å²) in [6, 6.07) is 17.5. The summed E-state index contributed by atoms with van der Waals surface area (Å²) in [5.74, 6) is -0.512. The molecule has 1 aliphatic rings. The highest BCUT2D eigenvalue weighted by atomic mass is 32.1. The Kier molecular flexibility index (Phi) is 5.62. The maximum absolute atomic E-state index is 13.2. The molecule has 6 heteroatoms. The maximum atomic E-state index is 13.2. The van der Waals surface area contributed by atoms with Crippen LogP contribution >= 0.6 is 11.3 Å². The number of ether oxygens (including phenoxy) is 1. The summed E-state index contributed by atoms with van der Waals surface area (Å²) in [5.41, 5.74) is 0.874. The summed E-state index contributed by atoms with van der Waals surface area (Å²) in [6.45, 7) is 3.16. The number of hydrogen-bond donors (Lipinski definition) is 0. The third kappa shape index (κ3) is 4.17. The summed E-state index contributed by atoms with van der Waals surface area (Å²) in [5, 5.41) is 0.875. The monoisotopic (exact) mass is 408 g/mol. The first kappa shape index (κ1) is 19.6. The Balaban J connectivity index is 1.56. The van der Waals surface area contributed by atoms with E-state index in [2.05, 4.69) is 0 Å². The minimum absolute atomic E-state index is 0.119. The summed E-state index contributed by atoms with van der Waals surface area (Å²) in [4.78, 5) is 32.0. The summed E-state index contributed by atoms with van der Waals surface area (Å²) in [7, 11) is 0. The number of rotatable bonds is 6. The topological polar surface area (TPSA) is 59.5 Å². The van der Waals surface area contributed by atoms with Crippen LogP contribution in [0.4, 0.5) is 0 Å². The zero-order chi connectivity index (χ0) is 20.3. The lowest BCUT2D eigenvalue weighted by molar-refractivity contribution is -0.156. The van der Waals surface area contributed by atoms with Crippen LogP contribution in [0.1, 0.15) is 30.3 Å². The molecule has 0 aliphatic carbocycles. The van der Waals surface area contributed by atoms with Crippen LogP contribution in [-0.4, -0.2) is 41.5 Å². The van der Waals surface area contributed by atoms with Gasteiger partial charge in [0.1, 0.15) is 0 Å². The number of amides is 1. The van der Waals surface area contributed by atoms with Gasteiger partial charge in [-0.1, -0.05) is 42.5 Å². The molecule has 0 N–H and O–H groups in total. The molecule has 4 rings (SSSR count). The van der Waals surface area contributed by atoms with Crippen LogP contribution in [0.2, 0.25) is 0 Å². The summed E-state index contributed by atoms with van der Waals surface area (Å²) < 4.78 is 6.62. The molecule has 1 saturated heterocycles. The lowest BCUT2D eigenvalue weighted by Crippen LogP contribution is -2.39. The van der Waals surface area contributed by atoms with E-state index in [1.54, 1.807) is 16.2 Å². The van der Waals surface area contributed by atoms with Crippen molar-refractivity contribution in [3.63, 3.8) is 0 Å². The van der Waals surface area contributed by atoms with Crippen molar-refractivity contribution in [1.29, 1.82) is 0 Å². The van der Waals surface area contributed by atoms with Crippen molar-refractivity contribution in [1.82, 2.24) is 9.88 Å². The summed E-state index contributed by atoms with van der Waals surface area (Å²) in [6.07, 6.45) is 2.45.